The molecule has 3 aromatic rings. The zero-order chi connectivity index (χ0) is 25.9. The predicted molar refractivity (Wildman–Crippen MR) is 127 cm³/mol. The summed E-state index contributed by atoms with van der Waals surface area (Å²) in [5.74, 6) is -0.824. The number of benzene rings is 2. The first-order valence-corrected chi connectivity index (χ1v) is 11.6. The number of nitrogens with zero attached hydrogens (tertiary/aromatic N) is 1. The smallest absolute Gasteiger partial charge is 0.394 e. The Kier molecular flexibility index (Phi) is 8.65. The maximum Gasteiger partial charge on any atom is 0.417 e. The molecule has 0 spiro atoms. The lowest BCUT2D eigenvalue weighted by Crippen LogP contribution is -2.26. The minimum atomic E-state index is -4.90. The number of hydrogen-bond donors (Lipinski definition) is 3. The number of aliphatic hydroxyl groups excluding tert-OH is 1. The fourth-order valence-electron chi connectivity index (χ4n) is 3.31. The van der Waals surface area contributed by atoms with E-state index in [0.717, 1.165) is 30.0 Å². The summed E-state index contributed by atoms with van der Waals surface area (Å²) in [5.41, 5.74) is -3.65. The standard InChI is InChI=1S/C22H22ClF4N3O4S/c1-30(2)5-6-34-12(9-31)10-35-19-17(11-3-4-16(24)15(23)7-11)14(22(25,26)27)8-13-18(19)28-21(33)29-20(13)32/h3-4,7-8,12,31H,5-6,9-10H2,1-2H3,(H2,28,29,32,33)/t12-/m0/s1. The van der Waals surface area contributed by atoms with Gasteiger partial charge >= 0.3 is 11.9 Å². The number of aliphatic hydroxyl groups is 1. The summed E-state index contributed by atoms with van der Waals surface area (Å²) in [5, 5.41) is 8.92. The molecule has 3 rings (SSSR count). The number of likely N-dealkylation sites (N-methyl/N-ethyl adjacent to an activating group) is 1. The van der Waals surface area contributed by atoms with Gasteiger partial charge < -0.3 is 19.7 Å². The number of rotatable bonds is 9. The molecule has 1 atom stereocenters. The van der Waals surface area contributed by atoms with E-state index in [1.165, 1.54) is 0 Å². The number of thioether (sulfide) groups is 1. The molecule has 190 valence electrons. The zero-order valence-electron chi connectivity index (χ0n) is 18.6. The first-order valence-electron chi connectivity index (χ1n) is 10.3. The van der Waals surface area contributed by atoms with Gasteiger partial charge in [0.25, 0.3) is 5.56 Å². The van der Waals surface area contributed by atoms with Crippen molar-refractivity contribution < 1.29 is 27.4 Å². The van der Waals surface area contributed by atoms with Crippen LogP contribution in [-0.2, 0) is 10.9 Å². The number of H-pyrrole nitrogens is 2. The molecule has 0 fully saturated rings. The molecule has 0 unspecified atom stereocenters. The first kappa shape index (κ1) is 27.2. The summed E-state index contributed by atoms with van der Waals surface area (Å²) in [6.07, 6.45) is -5.65. The predicted octanol–water partition coefficient (Wildman–Crippen LogP) is 3.73. The quantitative estimate of drug-likeness (QED) is 0.285. The lowest BCUT2D eigenvalue weighted by atomic mass is 9.97. The van der Waals surface area contributed by atoms with E-state index >= 15 is 0 Å². The number of alkyl halides is 3. The van der Waals surface area contributed by atoms with Gasteiger partial charge in [-0.15, -0.1) is 11.8 Å². The summed E-state index contributed by atoms with van der Waals surface area (Å²) >= 11 is 6.71. The highest BCUT2D eigenvalue weighted by Gasteiger charge is 2.37. The highest BCUT2D eigenvalue weighted by molar-refractivity contribution is 7.99. The van der Waals surface area contributed by atoms with Crippen molar-refractivity contribution in [1.29, 1.82) is 0 Å². The summed E-state index contributed by atoms with van der Waals surface area (Å²) in [6.45, 7) is 0.404. The average Bonchev–Trinajstić information content (AvgIpc) is 2.76. The number of fused-ring (bicyclic) bond motifs is 1. The molecule has 0 amide bonds. The average molecular weight is 536 g/mol. The van der Waals surface area contributed by atoms with Crippen LogP contribution in [0.5, 0.6) is 0 Å². The number of aromatic nitrogens is 2. The third kappa shape index (κ3) is 6.44. The van der Waals surface area contributed by atoms with E-state index in [1.807, 2.05) is 24.0 Å². The van der Waals surface area contributed by atoms with E-state index in [9.17, 15) is 32.3 Å². The molecular formula is C22H22ClF4N3O4S. The normalized spacial score (nSPS) is 13.1. The fraction of sp³-hybridized carbons (Fsp3) is 0.364. The highest BCUT2D eigenvalue weighted by atomic mass is 35.5. The maximum absolute atomic E-state index is 14.2. The van der Waals surface area contributed by atoms with E-state index in [1.54, 1.807) is 0 Å². The van der Waals surface area contributed by atoms with Gasteiger partial charge in [0, 0.05) is 22.8 Å². The molecular weight excluding hydrogens is 514 g/mol. The van der Waals surface area contributed by atoms with Gasteiger partial charge in [-0.25, -0.2) is 9.18 Å². The third-order valence-corrected chi connectivity index (χ3v) is 6.54. The van der Waals surface area contributed by atoms with Gasteiger partial charge in [-0.3, -0.25) is 9.78 Å². The van der Waals surface area contributed by atoms with Crippen molar-refractivity contribution >= 4 is 34.3 Å². The number of ether oxygens (including phenoxy) is 1. The van der Waals surface area contributed by atoms with Gasteiger partial charge in [-0.2, -0.15) is 13.2 Å². The maximum atomic E-state index is 14.2. The topological polar surface area (TPSA) is 98.4 Å². The molecule has 0 saturated heterocycles. The van der Waals surface area contributed by atoms with Crippen LogP contribution in [-0.4, -0.2) is 65.7 Å². The van der Waals surface area contributed by atoms with Crippen LogP contribution in [0.15, 0.2) is 38.8 Å². The monoisotopic (exact) mass is 535 g/mol. The molecule has 35 heavy (non-hydrogen) atoms. The van der Waals surface area contributed by atoms with Gasteiger partial charge in [0.1, 0.15) is 5.82 Å². The SMILES string of the molecule is CN(C)CCO[C@@H](CO)CSc1c(-c2ccc(F)c(Cl)c2)c(C(F)(F)F)cc2c(=O)[nH]c(=O)[nH]c12. The van der Waals surface area contributed by atoms with Crippen molar-refractivity contribution in [3.8, 4) is 11.1 Å². The molecule has 7 nitrogen and oxygen atoms in total. The van der Waals surface area contributed by atoms with E-state index in [2.05, 4.69) is 4.98 Å². The van der Waals surface area contributed by atoms with Crippen molar-refractivity contribution in [1.82, 2.24) is 14.9 Å². The van der Waals surface area contributed by atoms with Gasteiger partial charge in [0.05, 0.1) is 40.8 Å². The minimum Gasteiger partial charge on any atom is -0.394 e. The van der Waals surface area contributed by atoms with Gasteiger partial charge in [0.2, 0.25) is 0 Å². The Balaban J connectivity index is 2.23. The van der Waals surface area contributed by atoms with Crippen LogP contribution in [0.2, 0.25) is 5.02 Å². The second-order valence-corrected chi connectivity index (χ2v) is 9.31. The zero-order valence-corrected chi connectivity index (χ0v) is 20.2. The molecule has 0 aliphatic heterocycles. The summed E-state index contributed by atoms with van der Waals surface area (Å²) < 4.78 is 61.9. The van der Waals surface area contributed by atoms with Crippen LogP contribution >= 0.6 is 23.4 Å². The Morgan fingerprint density at radius 2 is 1.91 bits per heavy atom. The van der Waals surface area contributed by atoms with Crippen molar-refractivity contribution in [2.45, 2.75) is 17.2 Å². The Hall–Kier alpha value is -2.38. The number of hydrogen-bond acceptors (Lipinski definition) is 6. The second kappa shape index (κ2) is 11.1. The van der Waals surface area contributed by atoms with E-state index in [-0.39, 0.29) is 39.3 Å². The van der Waals surface area contributed by atoms with Crippen LogP contribution in [0.3, 0.4) is 0 Å². The van der Waals surface area contributed by atoms with Crippen LogP contribution < -0.4 is 11.2 Å². The fourth-order valence-corrected chi connectivity index (χ4v) is 4.73. The Labute approximate surface area is 206 Å². The van der Waals surface area contributed by atoms with Gasteiger partial charge in [0.15, 0.2) is 0 Å². The van der Waals surface area contributed by atoms with Crippen molar-refractivity contribution in [3.05, 3.63) is 61.5 Å². The molecule has 0 radical (unpaired) electrons. The van der Waals surface area contributed by atoms with Crippen molar-refractivity contribution in [2.75, 3.05) is 39.6 Å². The minimum absolute atomic E-state index is 0.00288. The van der Waals surface area contributed by atoms with Crippen LogP contribution in [0, 0.1) is 5.82 Å². The third-order valence-electron chi connectivity index (χ3n) is 5.01. The molecule has 0 aliphatic carbocycles. The highest BCUT2D eigenvalue weighted by Crippen LogP contribution is 2.45. The molecule has 0 saturated carbocycles. The van der Waals surface area contributed by atoms with Gasteiger partial charge in [-0.1, -0.05) is 17.7 Å². The molecule has 1 aromatic heterocycles. The number of nitrogens with one attached hydrogen (secondary N) is 2. The Morgan fingerprint density at radius 1 is 1.20 bits per heavy atom. The Morgan fingerprint density at radius 3 is 2.51 bits per heavy atom. The second-order valence-electron chi connectivity index (χ2n) is 7.88. The van der Waals surface area contributed by atoms with Crippen molar-refractivity contribution in [3.63, 3.8) is 0 Å². The summed E-state index contributed by atoms with van der Waals surface area (Å²) in [6, 6.07) is 3.74. The lowest BCUT2D eigenvalue weighted by Gasteiger charge is -2.21. The molecule has 0 bridgehead atoms. The summed E-state index contributed by atoms with van der Waals surface area (Å²) in [4.78, 5) is 30.5. The first-order chi connectivity index (χ1) is 16.4. The van der Waals surface area contributed by atoms with E-state index in [4.69, 9.17) is 16.3 Å². The number of aromatic amines is 2. The number of halogens is 5. The Bertz CT molecular complexity index is 1330. The van der Waals surface area contributed by atoms with Crippen molar-refractivity contribution in [2.24, 2.45) is 0 Å². The van der Waals surface area contributed by atoms with E-state index < -0.39 is 46.5 Å². The summed E-state index contributed by atoms with van der Waals surface area (Å²) in [7, 11) is 3.66. The molecule has 1 heterocycles. The molecule has 13 heteroatoms. The largest absolute Gasteiger partial charge is 0.417 e. The molecule has 2 aromatic carbocycles. The molecule has 3 N–H and O–H groups in total. The molecule has 0 aliphatic rings. The van der Waals surface area contributed by atoms with Crippen LogP contribution in [0.1, 0.15) is 5.56 Å². The van der Waals surface area contributed by atoms with E-state index in [0.29, 0.717) is 12.6 Å². The van der Waals surface area contributed by atoms with Crippen LogP contribution in [0.4, 0.5) is 17.6 Å². The van der Waals surface area contributed by atoms with Gasteiger partial charge in [-0.05, 0) is 37.9 Å². The lowest BCUT2D eigenvalue weighted by molar-refractivity contribution is -0.137. The van der Waals surface area contributed by atoms with Crippen LogP contribution in [0.25, 0.3) is 22.0 Å².